The normalized spacial score (nSPS) is 13.1. The molecule has 0 aliphatic heterocycles. The van der Waals surface area contributed by atoms with Crippen LogP contribution in [0.15, 0.2) is 10.2 Å². The van der Waals surface area contributed by atoms with Crippen molar-refractivity contribution < 1.29 is 13.2 Å². The Morgan fingerprint density at radius 3 is 1.73 bits per heavy atom. The second-order valence-electron chi connectivity index (χ2n) is 2.23. The predicted molar refractivity (Wildman–Crippen MR) is 37.9 cm³/mol. The van der Waals surface area contributed by atoms with Gasteiger partial charge in [0.2, 0.25) is 0 Å². The van der Waals surface area contributed by atoms with Gasteiger partial charge < -0.3 is 0 Å². The molecule has 0 rings (SSSR count). The molecule has 11 heavy (non-hydrogen) atoms. The van der Waals surface area contributed by atoms with Crippen molar-refractivity contribution in [1.29, 1.82) is 0 Å². The number of rotatable bonds is 1. The lowest BCUT2D eigenvalue weighted by Gasteiger charge is -2.01. The van der Waals surface area contributed by atoms with E-state index in [1.54, 1.807) is 13.8 Å². The van der Waals surface area contributed by atoms with Gasteiger partial charge in [-0.2, -0.15) is 23.4 Å². The summed E-state index contributed by atoms with van der Waals surface area (Å²) in [4.78, 5) is 0. The summed E-state index contributed by atoms with van der Waals surface area (Å²) in [6.07, 6.45) is -4.36. The summed E-state index contributed by atoms with van der Waals surface area (Å²) in [5, 5.41) is 6.25. The predicted octanol–water partition coefficient (Wildman–Crippen LogP) is 2.41. The molecule has 0 N–H and O–H groups in total. The minimum Gasteiger partial charge on any atom is -0.165 e. The van der Waals surface area contributed by atoms with Crippen LogP contribution >= 0.6 is 0 Å². The van der Waals surface area contributed by atoms with Crippen LogP contribution in [0.4, 0.5) is 13.2 Å². The maximum Gasteiger partial charge on any atom is 0.431 e. The molecule has 0 unspecified atom stereocenters. The van der Waals surface area contributed by atoms with Crippen molar-refractivity contribution in [2.24, 2.45) is 10.2 Å². The maximum absolute atomic E-state index is 11.7. The molecule has 0 aromatic rings. The van der Waals surface area contributed by atoms with E-state index in [1.165, 1.54) is 0 Å². The van der Waals surface area contributed by atoms with E-state index in [4.69, 9.17) is 0 Å². The quantitative estimate of drug-likeness (QED) is 0.422. The number of halogens is 3. The highest BCUT2D eigenvalue weighted by Gasteiger charge is 2.32. The molecule has 0 aromatic heterocycles. The van der Waals surface area contributed by atoms with Gasteiger partial charge >= 0.3 is 6.18 Å². The topological polar surface area (TPSA) is 24.7 Å². The summed E-state index contributed by atoms with van der Waals surface area (Å²) in [6.45, 7) is 4.03. The van der Waals surface area contributed by atoms with E-state index in [2.05, 4.69) is 10.2 Å². The molecule has 0 saturated heterocycles. The summed E-state index contributed by atoms with van der Waals surface area (Å²) < 4.78 is 35.1. The molecule has 0 bridgehead atoms. The average Bonchev–Trinajstić information content (AvgIpc) is 1.80. The zero-order valence-corrected chi connectivity index (χ0v) is 6.53. The van der Waals surface area contributed by atoms with E-state index >= 15 is 0 Å². The van der Waals surface area contributed by atoms with Crippen LogP contribution in [0.3, 0.4) is 0 Å². The third kappa shape index (κ3) is 4.52. The smallest absolute Gasteiger partial charge is 0.165 e. The van der Waals surface area contributed by atoms with Crippen LogP contribution in [0, 0.1) is 0 Å². The molecular weight excluding hydrogens is 157 g/mol. The first-order valence-electron chi connectivity index (χ1n) is 2.96. The van der Waals surface area contributed by atoms with Gasteiger partial charge in [-0.1, -0.05) is 0 Å². The SMILES string of the molecule is CC(C)=NN=C(C)C(F)(F)F. The van der Waals surface area contributed by atoms with Crippen LogP contribution in [-0.4, -0.2) is 17.6 Å². The minimum absolute atomic E-state index is 0.494. The van der Waals surface area contributed by atoms with Crippen molar-refractivity contribution in [2.75, 3.05) is 0 Å². The monoisotopic (exact) mass is 166 g/mol. The van der Waals surface area contributed by atoms with E-state index in [9.17, 15) is 13.2 Å². The standard InChI is InChI=1S/C6H9F3N2/c1-4(2)10-11-5(3)6(7,8)9/h1-3H3. The Morgan fingerprint density at radius 2 is 1.45 bits per heavy atom. The summed E-state index contributed by atoms with van der Waals surface area (Å²) in [5.41, 5.74) is -0.438. The zero-order valence-electron chi connectivity index (χ0n) is 6.53. The van der Waals surface area contributed by atoms with Gasteiger partial charge in [-0.15, -0.1) is 0 Å². The lowest BCUT2D eigenvalue weighted by molar-refractivity contribution is -0.0593. The Morgan fingerprint density at radius 1 is 1.00 bits per heavy atom. The molecule has 2 nitrogen and oxygen atoms in total. The first-order valence-corrected chi connectivity index (χ1v) is 2.96. The van der Waals surface area contributed by atoms with Gasteiger partial charge in [0, 0.05) is 5.71 Å². The molecular formula is C6H9F3N2. The van der Waals surface area contributed by atoms with Crippen LogP contribution < -0.4 is 0 Å². The Hall–Kier alpha value is -0.870. The first kappa shape index (κ1) is 10.1. The highest BCUT2D eigenvalue weighted by Crippen LogP contribution is 2.16. The molecule has 0 aromatic carbocycles. The fourth-order valence-electron chi connectivity index (χ4n) is 0.232. The zero-order chi connectivity index (χ0) is 9.07. The third-order valence-electron chi connectivity index (χ3n) is 0.810. The molecule has 0 aliphatic carbocycles. The lowest BCUT2D eigenvalue weighted by atomic mass is 10.4. The van der Waals surface area contributed by atoms with Gasteiger partial charge in [0.15, 0.2) is 0 Å². The van der Waals surface area contributed by atoms with E-state index in [1.807, 2.05) is 0 Å². The fourth-order valence-corrected chi connectivity index (χ4v) is 0.232. The summed E-state index contributed by atoms with van der Waals surface area (Å²) in [6, 6.07) is 0. The van der Waals surface area contributed by atoms with Crippen LogP contribution in [0.2, 0.25) is 0 Å². The number of alkyl halides is 3. The van der Waals surface area contributed by atoms with Crippen LogP contribution in [0.5, 0.6) is 0 Å². The van der Waals surface area contributed by atoms with E-state index < -0.39 is 11.9 Å². The van der Waals surface area contributed by atoms with E-state index in [0.717, 1.165) is 6.92 Å². The van der Waals surface area contributed by atoms with Gasteiger partial charge in [-0.25, -0.2) is 0 Å². The summed E-state index contributed by atoms with van der Waals surface area (Å²) >= 11 is 0. The Labute approximate surface area is 62.8 Å². The first-order chi connectivity index (χ1) is 4.84. The second kappa shape index (κ2) is 3.50. The molecule has 0 radical (unpaired) electrons. The van der Waals surface area contributed by atoms with Gasteiger partial charge in [0.05, 0.1) is 0 Å². The molecule has 0 aliphatic rings. The van der Waals surface area contributed by atoms with Crippen molar-refractivity contribution >= 4 is 11.4 Å². The van der Waals surface area contributed by atoms with Crippen molar-refractivity contribution in [2.45, 2.75) is 26.9 Å². The summed E-state index contributed by atoms with van der Waals surface area (Å²) in [7, 11) is 0. The molecule has 0 atom stereocenters. The Bertz CT molecular complexity index is 186. The molecule has 0 amide bonds. The van der Waals surface area contributed by atoms with E-state index in [0.29, 0.717) is 5.71 Å². The molecule has 0 fully saturated rings. The highest BCUT2D eigenvalue weighted by atomic mass is 19.4. The van der Waals surface area contributed by atoms with Crippen LogP contribution in [0.25, 0.3) is 0 Å². The third-order valence-corrected chi connectivity index (χ3v) is 0.810. The van der Waals surface area contributed by atoms with Gasteiger partial charge in [-0.3, -0.25) is 0 Å². The minimum atomic E-state index is -4.36. The maximum atomic E-state index is 11.7. The molecule has 0 spiro atoms. The van der Waals surface area contributed by atoms with E-state index in [-0.39, 0.29) is 0 Å². The lowest BCUT2D eigenvalue weighted by Crippen LogP contribution is -2.18. The number of hydrogen-bond donors (Lipinski definition) is 0. The second-order valence-corrected chi connectivity index (χ2v) is 2.23. The van der Waals surface area contributed by atoms with Gasteiger partial charge in [0.25, 0.3) is 0 Å². The average molecular weight is 166 g/mol. The van der Waals surface area contributed by atoms with Crippen LogP contribution in [0.1, 0.15) is 20.8 Å². The van der Waals surface area contributed by atoms with Gasteiger partial charge in [-0.05, 0) is 20.8 Å². The van der Waals surface area contributed by atoms with Gasteiger partial charge in [0.1, 0.15) is 5.71 Å². The molecule has 64 valence electrons. The Kier molecular flexibility index (Phi) is 3.22. The summed E-state index contributed by atoms with van der Waals surface area (Å²) in [5.74, 6) is 0. The van der Waals surface area contributed by atoms with Crippen molar-refractivity contribution in [1.82, 2.24) is 0 Å². The van der Waals surface area contributed by atoms with Crippen molar-refractivity contribution in [3.63, 3.8) is 0 Å². The fraction of sp³-hybridized carbons (Fsp3) is 0.667. The van der Waals surface area contributed by atoms with Crippen molar-refractivity contribution in [3.05, 3.63) is 0 Å². The Balaban J connectivity index is 4.36. The highest BCUT2D eigenvalue weighted by molar-refractivity contribution is 5.88. The number of nitrogens with zero attached hydrogens (tertiary/aromatic N) is 2. The molecule has 0 heterocycles. The molecule has 0 saturated carbocycles. The number of hydrogen-bond acceptors (Lipinski definition) is 2. The molecule has 5 heteroatoms. The van der Waals surface area contributed by atoms with Crippen LogP contribution in [-0.2, 0) is 0 Å². The largest absolute Gasteiger partial charge is 0.431 e. The van der Waals surface area contributed by atoms with Crippen molar-refractivity contribution in [3.8, 4) is 0 Å².